The van der Waals surface area contributed by atoms with E-state index in [1.54, 1.807) is 6.33 Å². The molecule has 0 radical (unpaired) electrons. The molecule has 1 rings (SSSR count). The summed E-state index contributed by atoms with van der Waals surface area (Å²) in [5.41, 5.74) is 0. The Labute approximate surface area is 103 Å². The molecule has 0 saturated carbocycles. The van der Waals surface area contributed by atoms with Gasteiger partial charge in [-0.05, 0) is 11.8 Å². The molecule has 1 aromatic heterocycles. The van der Waals surface area contributed by atoms with Crippen LogP contribution in [-0.4, -0.2) is 32.5 Å². The van der Waals surface area contributed by atoms with E-state index in [2.05, 4.69) is 29.2 Å². The van der Waals surface area contributed by atoms with E-state index in [0.717, 1.165) is 12.4 Å². The van der Waals surface area contributed by atoms with Gasteiger partial charge in [0.1, 0.15) is 12.2 Å². The second kappa shape index (κ2) is 6.71. The molecule has 1 atom stereocenters. The lowest BCUT2D eigenvalue weighted by Gasteiger charge is -2.15. The summed E-state index contributed by atoms with van der Waals surface area (Å²) in [7, 11) is 0. The fourth-order valence-corrected chi connectivity index (χ4v) is 1.49. The fraction of sp³-hybridized carbons (Fsp3) is 0.833. The molecular weight excluding hydrogens is 216 g/mol. The first-order valence-electron chi connectivity index (χ1n) is 6.26. The van der Waals surface area contributed by atoms with Gasteiger partial charge in [0.15, 0.2) is 0 Å². The van der Waals surface area contributed by atoms with Crippen molar-refractivity contribution in [2.75, 3.05) is 6.54 Å². The van der Waals surface area contributed by atoms with Gasteiger partial charge in [0.05, 0.1) is 12.6 Å². The Hall–Kier alpha value is -0.940. The second-order valence-electron chi connectivity index (χ2n) is 5.19. The van der Waals surface area contributed by atoms with Crippen molar-refractivity contribution >= 4 is 0 Å². The van der Waals surface area contributed by atoms with Crippen LogP contribution in [0.4, 0.5) is 0 Å². The molecule has 98 valence electrons. The SMILES string of the molecule is CC(C)Cn1ncnc1CNCC(O)C(C)C. The zero-order valence-corrected chi connectivity index (χ0v) is 11.2. The van der Waals surface area contributed by atoms with Crippen molar-refractivity contribution in [3.63, 3.8) is 0 Å². The van der Waals surface area contributed by atoms with E-state index in [1.165, 1.54) is 0 Å². The summed E-state index contributed by atoms with van der Waals surface area (Å²) < 4.78 is 1.92. The van der Waals surface area contributed by atoms with Gasteiger partial charge in [-0.25, -0.2) is 9.67 Å². The largest absolute Gasteiger partial charge is 0.392 e. The Morgan fingerprint density at radius 2 is 2.06 bits per heavy atom. The van der Waals surface area contributed by atoms with Gasteiger partial charge in [-0.1, -0.05) is 27.7 Å². The number of nitrogens with zero attached hydrogens (tertiary/aromatic N) is 3. The number of aromatic nitrogens is 3. The summed E-state index contributed by atoms with van der Waals surface area (Å²) in [5.74, 6) is 1.75. The summed E-state index contributed by atoms with van der Waals surface area (Å²) in [6.07, 6.45) is 1.27. The fourth-order valence-electron chi connectivity index (χ4n) is 1.49. The molecule has 0 spiro atoms. The minimum atomic E-state index is -0.309. The zero-order chi connectivity index (χ0) is 12.8. The van der Waals surface area contributed by atoms with E-state index in [-0.39, 0.29) is 12.0 Å². The second-order valence-corrected chi connectivity index (χ2v) is 5.19. The third kappa shape index (κ3) is 4.83. The maximum Gasteiger partial charge on any atom is 0.140 e. The first kappa shape index (κ1) is 14.1. The van der Waals surface area contributed by atoms with Crippen LogP contribution in [0, 0.1) is 11.8 Å². The number of rotatable bonds is 7. The van der Waals surface area contributed by atoms with Gasteiger partial charge in [-0.15, -0.1) is 0 Å². The van der Waals surface area contributed by atoms with E-state index in [4.69, 9.17) is 0 Å². The highest BCUT2D eigenvalue weighted by atomic mass is 16.3. The van der Waals surface area contributed by atoms with Gasteiger partial charge in [0.25, 0.3) is 0 Å². The van der Waals surface area contributed by atoms with Crippen molar-refractivity contribution in [2.45, 2.75) is 46.9 Å². The standard InChI is InChI=1S/C12H24N4O/c1-9(2)7-16-12(14-8-15-16)6-13-5-11(17)10(3)4/h8-11,13,17H,5-7H2,1-4H3. The highest BCUT2D eigenvalue weighted by molar-refractivity contribution is 4.84. The third-order valence-electron chi connectivity index (χ3n) is 2.64. The van der Waals surface area contributed by atoms with Crippen molar-refractivity contribution in [1.29, 1.82) is 0 Å². The molecule has 2 N–H and O–H groups in total. The molecule has 5 heteroatoms. The minimum absolute atomic E-state index is 0.274. The van der Waals surface area contributed by atoms with Crippen LogP contribution in [0.25, 0.3) is 0 Å². The predicted octanol–water partition coefficient (Wildman–Crippen LogP) is 1.04. The van der Waals surface area contributed by atoms with Crippen LogP contribution in [0.5, 0.6) is 0 Å². The topological polar surface area (TPSA) is 63.0 Å². The van der Waals surface area contributed by atoms with Crippen LogP contribution < -0.4 is 5.32 Å². The molecular formula is C12H24N4O. The minimum Gasteiger partial charge on any atom is -0.392 e. The van der Waals surface area contributed by atoms with Crippen LogP contribution in [-0.2, 0) is 13.1 Å². The molecule has 0 fully saturated rings. The van der Waals surface area contributed by atoms with E-state index in [1.807, 2.05) is 18.5 Å². The Morgan fingerprint density at radius 3 is 2.65 bits per heavy atom. The number of aliphatic hydroxyl groups excluding tert-OH is 1. The van der Waals surface area contributed by atoms with Crippen LogP contribution in [0.15, 0.2) is 6.33 Å². The number of nitrogens with one attached hydrogen (secondary N) is 1. The number of hydrogen-bond donors (Lipinski definition) is 2. The van der Waals surface area contributed by atoms with Crippen LogP contribution in [0.2, 0.25) is 0 Å². The summed E-state index contributed by atoms with van der Waals surface area (Å²) in [4.78, 5) is 4.22. The van der Waals surface area contributed by atoms with E-state index in [0.29, 0.717) is 19.0 Å². The van der Waals surface area contributed by atoms with Crippen LogP contribution >= 0.6 is 0 Å². The average molecular weight is 240 g/mol. The molecule has 0 aliphatic heterocycles. The third-order valence-corrected chi connectivity index (χ3v) is 2.64. The smallest absolute Gasteiger partial charge is 0.140 e. The first-order chi connectivity index (χ1) is 8.00. The summed E-state index contributed by atoms with van der Waals surface area (Å²) in [5, 5.41) is 17.1. The van der Waals surface area contributed by atoms with Gasteiger partial charge >= 0.3 is 0 Å². The Bertz CT molecular complexity index is 322. The maximum atomic E-state index is 9.66. The summed E-state index contributed by atoms with van der Waals surface area (Å²) in [6, 6.07) is 0. The summed E-state index contributed by atoms with van der Waals surface area (Å²) in [6.45, 7) is 10.4. The molecule has 1 heterocycles. The highest BCUT2D eigenvalue weighted by Crippen LogP contribution is 2.02. The first-order valence-corrected chi connectivity index (χ1v) is 6.26. The summed E-state index contributed by atoms with van der Waals surface area (Å²) >= 11 is 0. The molecule has 0 saturated heterocycles. The van der Waals surface area contributed by atoms with E-state index in [9.17, 15) is 5.11 Å². The van der Waals surface area contributed by atoms with Crippen molar-refractivity contribution in [3.8, 4) is 0 Å². The number of hydrogen-bond acceptors (Lipinski definition) is 4. The van der Waals surface area contributed by atoms with Crippen molar-refractivity contribution in [2.24, 2.45) is 11.8 Å². The molecule has 1 unspecified atom stereocenters. The molecule has 0 aliphatic carbocycles. The van der Waals surface area contributed by atoms with Gasteiger partial charge < -0.3 is 10.4 Å². The molecule has 0 aliphatic rings. The Balaban J connectivity index is 2.39. The quantitative estimate of drug-likeness (QED) is 0.747. The molecule has 0 amide bonds. The van der Waals surface area contributed by atoms with Crippen molar-refractivity contribution in [1.82, 2.24) is 20.1 Å². The lowest BCUT2D eigenvalue weighted by atomic mass is 10.1. The van der Waals surface area contributed by atoms with Crippen LogP contribution in [0.1, 0.15) is 33.5 Å². The number of aliphatic hydroxyl groups is 1. The molecule has 5 nitrogen and oxygen atoms in total. The van der Waals surface area contributed by atoms with E-state index < -0.39 is 0 Å². The average Bonchev–Trinajstić information content (AvgIpc) is 2.64. The predicted molar refractivity (Wildman–Crippen MR) is 67.4 cm³/mol. The lowest BCUT2D eigenvalue weighted by molar-refractivity contribution is 0.123. The van der Waals surface area contributed by atoms with Gasteiger partial charge in [0.2, 0.25) is 0 Å². The normalized spacial score (nSPS) is 13.6. The van der Waals surface area contributed by atoms with E-state index >= 15 is 0 Å². The van der Waals surface area contributed by atoms with Crippen LogP contribution in [0.3, 0.4) is 0 Å². The molecule has 1 aromatic rings. The molecule has 17 heavy (non-hydrogen) atoms. The monoisotopic (exact) mass is 240 g/mol. The highest BCUT2D eigenvalue weighted by Gasteiger charge is 2.10. The van der Waals surface area contributed by atoms with Crippen molar-refractivity contribution < 1.29 is 5.11 Å². The Kier molecular flexibility index (Phi) is 5.58. The van der Waals surface area contributed by atoms with Gasteiger partial charge in [-0.2, -0.15) is 5.10 Å². The maximum absolute atomic E-state index is 9.66. The van der Waals surface area contributed by atoms with Gasteiger partial charge in [0, 0.05) is 13.1 Å². The Morgan fingerprint density at radius 1 is 1.35 bits per heavy atom. The molecule has 0 aromatic carbocycles. The van der Waals surface area contributed by atoms with Gasteiger partial charge in [-0.3, -0.25) is 0 Å². The molecule has 0 bridgehead atoms. The zero-order valence-electron chi connectivity index (χ0n) is 11.2. The lowest BCUT2D eigenvalue weighted by Crippen LogP contribution is -2.31. The van der Waals surface area contributed by atoms with Crippen molar-refractivity contribution in [3.05, 3.63) is 12.2 Å².